The molecule has 10 aromatic rings. The standard InChI is InChI=1S/C51H31BN8/c1-29-12-10-19-36-47-40(29)42-45-50(57-25-24-54-45)58(33-16-6-3-7-17-33)51(42)60(47)39-28-32(49-55-21-11-22-56-49)27-38-43(39)52(36)37-20-23-53-44-41-34-18-9-8-15-31(34)26-35(30-13-4-2-5-14-30)46(41)59(38)48(37)44/h2-25,27-28,35H,1,26H2. The first kappa shape index (κ1) is 32.1. The fourth-order valence-corrected chi connectivity index (χ4v) is 11.0. The lowest BCUT2D eigenvalue weighted by molar-refractivity contribution is 0.746. The molecule has 0 saturated heterocycles. The number of allylic oxidation sites excluding steroid dienone is 4. The van der Waals surface area contributed by atoms with Crippen LogP contribution in [-0.4, -0.2) is 45.3 Å². The molecule has 2 aliphatic carbocycles. The van der Waals surface area contributed by atoms with Gasteiger partial charge in [0.25, 0.3) is 6.71 Å². The van der Waals surface area contributed by atoms with Crippen LogP contribution < -0.4 is 10.9 Å². The Morgan fingerprint density at radius 1 is 0.667 bits per heavy atom. The summed E-state index contributed by atoms with van der Waals surface area (Å²) in [4.78, 5) is 25.1. The van der Waals surface area contributed by atoms with Crippen LogP contribution in [0, 0.1) is 0 Å². The second kappa shape index (κ2) is 11.6. The van der Waals surface area contributed by atoms with Crippen LogP contribution in [0.4, 0.5) is 0 Å². The highest BCUT2D eigenvalue weighted by atomic mass is 15.2. The van der Waals surface area contributed by atoms with Gasteiger partial charge in [0, 0.05) is 76.3 Å². The molecular weight excluding hydrogens is 735 g/mol. The predicted octanol–water partition coefficient (Wildman–Crippen LogP) is 8.96. The van der Waals surface area contributed by atoms with Crippen molar-refractivity contribution >= 4 is 61.9 Å². The molecule has 1 unspecified atom stereocenters. The van der Waals surface area contributed by atoms with Gasteiger partial charge in [-0.3, -0.25) is 19.1 Å². The van der Waals surface area contributed by atoms with Gasteiger partial charge in [-0.1, -0.05) is 97.6 Å². The predicted molar refractivity (Wildman–Crippen MR) is 240 cm³/mol. The quantitative estimate of drug-likeness (QED) is 0.168. The first-order chi connectivity index (χ1) is 29.7. The minimum atomic E-state index is -0.108. The molecule has 0 radical (unpaired) electrons. The van der Waals surface area contributed by atoms with Gasteiger partial charge < -0.3 is 4.57 Å². The number of fused-ring (bicyclic) bond motifs is 14. The molecule has 0 fully saturated rings. The molecule has 14 rings (SSSR count). The van der Waals surface area contributed by atoms with Gasteiger partial charge in [0.05, 0.1) is 22.1 Å². The fourth-order valence-electron chi connectivity index (χ4n) is 11.0. The molecule has 9 heteroatoms. The highest BCUT2D eigenvalue weighted by Crippen LogP contribution is 2.52. The number of pyridine rings is 1. The van der Waals surface area contributed by atoms with E-state index in [1.54, 1.807) is 12.4 Å². The Bertz CT molecular complexity index is 3590. The average Bonchev–Trinajstić information content (AvgIpc) is 3.92. The Hall–Kier alpha value is -7.91. The molecule has 0 bridgehead atoms. The number of rotatable bonds is 3. The van der Waals surface area contributed by atoms with E-state index in [-0.39, 0.29) is 12.6 Å². The zero-order valence-electron chi connectivity index (χ0n) is 32.2. The molecule has 8 heterocycles. The van der Waals surface area contributed by atoms with Crippen LogP contribution in [0.25, 0.3) is 83.9 Å². The van der Waals surface area contributed by atoms with E-state index in [0.717, 1.165) is 79.1 Å². The summed E-state index contributed by atoms with van der Waals surface area (Å²) >= 11 is 0. The lowest BCUT2D eigenvalue weighted by Gasteiger charge is -2.37. The summed E-state index contributed by atoms with van der Waals surface area (Å²) in [6, 6.07) is 39.2. The maximum Gasteiger partial charge on any atom is 0.252 e. The van der Waals surface area contributed by atoms with Gasteiger partial charge in [-0.05, 0) is 81.5 Å². The third-order valence-electron chi connectivity index (χ3n) is 13.2. The number of aromatic nitrogens is 8. The molecule has 278 valence electrons. The van der Waals surface area contributed by atoms with Crippen molar-refractivity contribution in [3.8, 4) is 39.6 Å². The SMILES string of the molecule is C=C1C=CC=C2B3c4c(cc(-c5ncccn5)cc4-n4c2c1c1c2nccnc2n(-c2ccccc2)c14)-n1c2c(c4nccc3c41)-c1ccccc1CC2c1ccccc1. The van der Waals surface area contributed by atoms with Crippen LogP contribution in [0.1, 0.15) is 34.0 Å². The molecule has 2 aliphatic heterocycles. The van der Waals surface area contributed by atoms with E-state index in [4.69, 9.17) is 31.5 Å². The average molecular weight is 767 g/mol. The van der Waals surface area contributed by atoms with Gasteiger partial charge in [0.2, 0.25) is 0 Å². The molecule has 0 N–H and O–H groups in total. The van der Waals surface area contributed by atoms with Crippen LogP contribution in [0.15, 0.2) is 165 Å². The zero-order chi connectivity index (χ0) is 39.2. The van der Waals surface area contributed by atoms with Crippen LogP contribution in [-0.2, 0) is 6.42 Å². The Labute approximate surface area is 344 Å². The van der Waals surface area contributed by atoms with E-state index in [1.807, 2.05) is 24.7 Å². The van der Waals surface area contributed by atoms with Crippen molar-refractivity contribution in [2.75, 3.05) is 0 Å². The summed E-state index contributed by atoms with van der Waals surface area (Å²) in [6.07, 6.45) is 16.8. The van der Waals surface area contributed by atoms with E-state index in [2.05, 4.69) is 135 Å². The third kappa shape index (κ3) is 3.98. The van der Waals surface area contributed by atoms with E-state index in [0.29, 0.717) is 5.82 Å². The first-order valence-corrected chi connectivity index (χ1v) is 20.4. The van der Waals surface area contributed by atoms with E-state index in [1.165, 1.54) is 44.3 Å². The molecular formula is C51H31BN8. The Balaban J connectivity index is 1.21. The van der Waals surface area contributed by atoms with E-state index >= 15 is 0 Å². The van der Waals surface area contributed by atoms with Gasteiger partial charge >= 0.3 is 0 Å². The highest BCUT2D eigenvalue weighted by molar-refractivity contribution is 7.03. The van der Waals surface area contributed by atoms with E-state index in [9.17, 15) is 0 Å². The smallest absolute Gasteiger partial charge is 0.252 e. The van der Waals surface area contributed by atoms with Crippen molar-refractivity contribution in [3.05, 3.63) is 193 Å². The second-order valence-corrected chi connectivity index (χ2v) is 16.1. The maximum atomic E-state index is 5.29. The Morgan fingerprint density at radius 2 is 1.42 bits per heavy atom. The molecule has 60 heavy (non-hydrogen) atoms. The second-order valence-electron chi connectivity index (χ2n) is 16.1. The Morgan fingerprint density at radius 3 is 2.27 bits per heavy atom. The zero-order valence-corrected chi connectivity index (χ0v) is 32.2. The van der Waals surface area contributed by atoms with Crippen molar-refractivity contribution in [3.63, 3.8) is 0 Å². The van der Waals surface area contributed by atoms with Gasteiger partial charge in [0.15, 0.2) is 11.5 Å². The number of para-hydroxylation sites is 1. The summed E-state index contributed by atoms with van der Waals surface area (Å²) in [5.74, 6) is 0.758. The minimum Gasteiger partial charge on any atom is -0.312 e. The maximum absolute atomic E-state index is 5.29. The number of nitrogens with zero attached hydrogens (tertiary/aromatic N) is 8. The van der Waals surface area contributed by atoms with Crippen LogP contribution in [0.2, 0.25) is 0 Å². The highest BCUT2D eigenvalue weighted by Gasteiger charge is 2.47. The lowest BCUT2D eigenvalue weighted by atomic mass is 9.33. The molecule has 8 nitrogen and oxygen atoms in total. The number of hydrogen-bond acceptors (Lipinski definition) is 5. The van der Waals surface area contributed by atoms with Crippen LogP contribution in [0.3, 0.4) is 0 Å². The third-order valence-corrected chi connectivity index (χ3v) is 13.2. The van der Waals surface area contributed by atoms with E-state index < -0.39 is 0 Å². The molecule has 0 amide bonds. The summed E-state index contributed by atoms with van der Waals surface area (Å²) < 4.78 is 7.31. The Kier molecular flexibility index (Phi) is 6.21. The van der Waals surface area contributed by atoms with Crippen molar-refractivity contribution in [1.82, 2.24) is 38.6 Å². The number of benzene rings is 4. The monoisotopic (exact) mass is 766 g/mol. The summed E-state index contributed by atoms with van der Waals surface area (Å²) in [6.45, 7) is 4.61. The summed E-state index contributed by atoms with van der Waals surface area (Å²) in [7, 11) is 0. The van der Waals surface area contributed by atoms with Crippen LogP contribution in [0.5, 0.6) is 0 Å². The lowest BCUT2D eigenvalue weighted by Crippen LogP contribution is -2.53. The normalized spacial score (nSPS) is 15.5. The van der Waals surface area contributed by atoms with Crippen molar-refractivity contribution in [2.24, 2.45) is 0 Å². The molecule has 0 saturated carbocycles. The fraction of sp³-hybridized carbons (Fsp3) is 0.0392. The van der Waals surface area contributed by atoms with Gasteiger partial charge in [-0.2, -0.15) is 0 Å². The van der Waals surface area contributed by atoms with Gasteiger partial charge in [0.1, 0.15) is 11.2 Å². The first-order valence-electron chi connectivity index (χ1n) is 20.4. The number of hydrogen-bond donors (Lipinski definition) is 0. The molecule has 6 aromatic heterocycles. The topological polar surface area (TPSA) is 79.2 Å². The van der Waals surface area contributed by atoms with Gasteiger partial charge in [-0.15, -0.1) is 0 Å². The van der Waals surface area contributed by atoms with Crippen molar-refractivity contribution < 1.29 is 0 Å². The molecule has 0 spiro atoms. The molecule has 1 atom stereocenters. The van der Waals surface area contributed by atoms with Crippen LogP contribution >= 0.6 is 0 Å². The van der Waals surface area contributed by atoms with Crippen molar-refractivity contribution in [1.29, 1.82) is 0 Å². The molecule has 4 aromatic carbocycles. The molecule has 4 aliphatic rings. The van der Waals surface area contributed by atoms with Gasteiger partial charge in [-0.25, -0.2) is 15.0 Å². The largest absolute Gasteiger partial charge is 0.312 e. The summed E-state index contributed by atoms with van der Waals surface area (Å²) in [5, 5.41) is 1.03. The minimum absolute atomic E-state index is 0.0899. The van der Waals surface area contributed by atoms with Crippen molar-refractivity contribution in [2.45, 2.75) is 12.3 Å². The summed E-state index contributed by atoms with van der Waals surface area (Å²) in [5.41, 5.74) is 22.1.